The van der Waals surface area contributed by atoms with Gasteiger partial charge in [0.1, 0.15) is 0 Å². The molecular weight excluding hydrogens is 278 g/mol. The van der Waals surface area contributed by atoms with E-state index in [-0.39, 0.29) is 5.56 Å². The molecule has 0 saturated heterocycles. The van der Waals surface area contributed by atoms with E-state index in [1.54, 1.807) is 18.3 Å². The van der Waals surface area contributed by atoms with Crippen LogP contribution in [0.25, 0.3) is 22.5 Å². The molecule has 0 aliphatic carbocycles. The zero-order valence-corrected chi connectivity index (χ0v) is 11.9. The summed E-state index contributed by atoms with van der Waals surface area (Å²) in [5.74, 6) is -0.342. The summed E-state index contributed by atoms with van der Waals surface area (Å²) in [4.78, 5) is 15.1. The van der Waals surface area contributed by atoms with Gasteiger partial charge < -0.3 is 5.11 Å². The molecule has 0 saturated carbocycles. The molecule has 1 aromatic heterocycles. The number of hydrogen-bond acceptors (Lipinski definition) is 4. The van der Waals surface area contributed by atoms with Gasteiger partial charge in [-0.2, -0.15) is 5.10 Å². The van der Waals surface area contributed by atoms with Crippen LogP contribution in [-0.2, 0) is 0 Å². The number of benzene rings is 2. The van der Waals surface area contributed by atoms with Crippen LogP contribution >= 0.6 is 0 Å². The zero-order chi connectivity index (χ0) is 15.5. The van der Waals surface area contributed by atoms with Crippen molar-refractivity contribution in [1.82, 2.24) is 15.2 Å². The Morgan fingerprint density at radius 2 is 1.73 bits per heavy atom. The Hall–Kier alpha value is -3.08. The van der Waals surface area contributed by atoms with Gasteiger partial charge >= 0.3 is 5.97 Å². The molecule has 0 fully saturated rings. The normalized spacial score (nSPS) is 10.4. The van der Waals surface area contributed by atoms with Crippen molar-refractivity contribution in [2.75, 3.05) is 0 Å². The first-order chi connectivity index (χ1) is 10.6. The molecule has 0 unspecified atom stereocenters. The van der Waals surface area contributed by atoms with Crippen LogP contribution in [0.5, 0.6) is 0 Å². The molecule has 0 radical (unpaired) electrons. The molecule has 2 aromatic carbocycles. The van der Waals surface area contributed by atoms with E-state index in [2.05, 4.69) is 15.2 Å². The van der Waals surface area contributed by atoms with E-state index in [0.29, 0.717) is 5.82 Å². The van der Waals surface area contributed by atoms with Gasteiger partial charge in [0.25, 0.3) is 0 Å². The van der Waals surface area contributed by atoms with Crippen LogP contribution in [0, 0.1) is 6.92 Å². The molecule has 22 heavy (non-hydrogen) atoms. The van der Waals surface area contributed by atoms with E-state index in [4.69, 9.17) is 5.11 Å². The molecule has 0 bridgehead atoms. The van der Waals surface area contributed by atoms with Crippen LogP contribution in [0.4, 0.5) is 0 Å². The van der Waals surface area contributed by atoms with Crippen molar-refractivity contribution in [1.29, 1.82) is 0 Å². The third-order valence-corrected chi connectivity index (χ3v) is 3.41. The van der Waals surface area contributed by atoms with Gasteiger partial charge in [0.2, 0.25) is 0 Å². The second kappa shape index (κ2) is 5.73. The number of hydrogen-bond donors (Lipinski definition) is 1. The standard InChI is InChI=1S/C17H13N3O2/c1-11-10-14(16-18-8-9-19-20-16)6-7-15(11)12-2-4-13(5-3-12)17(21)22/h2-10H,1H3,(H,21,22). The maximum Gasteiger partial charge on any atom is 0.335 e. The number of carboxylic acids is 1. The van der Waals surface area contributed by atoms with E-state index in [1.807, 2.05) is 37.3 Å². The minimum Gasteiger partial charge on any atom is -0.478 e. The number of aromatic carboxylic acids is 1. The lowest BCUT2D eigenvalue weighted by molar-refractivity contribution is 0.0697. The Kier molecular flexibility index (Phi) is 3.62. The number of carbonyl (C=O) groups is 1. The monoisotopic (exact) mass is 291 g/mol. The second-order valence-electron chi connectivity index (χ2n) is 4.88. The highest BCUT2D eigenvalue weighted by molar-refractivity contribution is 5.88. The van der Waals surface area contributed by atoms with E-state index in [0.717, 1.165) is 22.3 Å². The number of rotatable bonds is 3. The first-order valence-electron chi connectivity index (χ1n) is 6.73. The fourth-order valence-corrected chi connectivity index (χ4v) is 2.30. The van der Waals surface area contributed by atoms with Gasteiger partial charge in [-0.3, -0.25) is 0 Å². The molecule has 0 spiro atoms. The van der Waals surface area contributed by atoms with Gasteiger partial charge in [0.15, 0.2) is 5.82 Å². The topological polar surface area (TPSA) is 76.0 Å². The fraction of sp³-hybridized carbons (Fsp3) is 0.0588. The summed E-state index contributed by atoms with van der Waals surface area (Å²) in [7, 11) is 0. The molecule has 0 aliphatic rings. The minimum absolute atomic E-state index is 0.279. The van der Waals surface area contributed by atoms with Crippen LogP contribution < -0.4 is 0 Å². The molecule has 108 valence electrons. The van der Waals surface area contributed by atoms with Gasteiger partial charge in [-0.25, -0.2) is 9.78 Å². The van der Waals surface area contributed by atoms with Gasteiger partial charge in [0, 0.05) is 11.8 Å². The van der Waals surface area contributed by atoms with Crippen molar-refractivity contribution >= 4 is 5.97 Å². The molecule has 3 rings (SSSR count). The molecule has 0 aliphatic heterocycles. The van der Waals surface area contributed by atoms with Crippen LogP contribution in [-0.4, -0.2) is 26.3 Å². The Labute approximate surface area is 127 Å². The van der Waals surface area contributed by atoms with Crippen molar-refractivity contribution in [2.45, 2.75) is 6.92 Å². The van der Waals surface area contributed by atoms with Gasteiger partial charge in [-0.1, -0.05) is 24.3 Å². The fourth-order valence-electron chi connectivity index (χ4n) is 2.30. The molecule has 0 amide bonds. The summed E-state index contributed by atoms with van der Waals surface area (Å²) in [5.41, 5.74) is 4.26. The lowest BCUT2D eigenvalue weighted by Crippen LogP contribution is -1.95. The zero-order valence-electron chi connectivity index (χ0n) is 11.9. The lowest BCUT2D eigenvalue weighted by atomic mass is 9.97. The predicted molar refractivity (Wildman–Crippen MR) is 82.4 cm³/mol. The summed E-state index contributed by atoms with van der Waals surface area (Å²) in [6.45, 7) is 2.00. The summed E-state index contributed by atoms with van der Waals surface area (Å²) in [6, 6.07) is 12.8. The molecule has 1 heterocycles. The smallest absolute Gasteiger partial charge is 0.335 e. The van der Waals surface area contributed by atoms with Crippen molar-refractivity contribution in [2.24, 2.45) is 0 Å². The molecule has 5 heteroatoms. The molecule has 3 aromatic rings. The molecular formula is C17H13N3O2. The highest BCUT2D eigenvalue weighted by atomic mass is 16.4. The summed E-state index contributed by atoms with van der Waals surface area (Å²) in [6.07, 6.45) is 3.14. The SMILES string of the molecule is Cc1cc(-c2nccnn2)ccc1-c1ccc(C(=O)O)cc1. The quantitative estimate of drug-likeness (QED) is 0.801. The van der Waals surface area contributed by atoms with E-state index in [1.165, 1.54) is 6.20 Å². The molecule has 1 N–H and O–H groups in total. The largest absolute Gasteiger partial charge is 0.478 e. The average Bonchev–Trinajstić information content (AvgIpc) is 2.56. The maximum atomic E-state index is 10.9. The van der Waals surface area contributed by atoms with E-state index in [9.17, 15) is 4.79 Å². The van der Waals surface area contributed by atoms with Crippen LogP contribution in [0.1, 0.15) is 15.9 Å². The van der Waals surface area contributed by atoms with Gasteiger partial charge in [-0.15, -0.1) is 5.10 Å². The molecule has 0 atom stereocenters. The first kappa shape index (κ1) is 13.9. The van der Waals surface area contributed by atoms with Gasteiger partial charge in [0.05, 0.1) is 11.8 Å². The van der Waals surface area contributed by atoms with Crippen LogP contribution in [0.2, 0.25) is 0 Å². The highest BCUT2D eigenvalue weighted by Gasteiger charge is 2.08. The summed E-state index contributed by atoms with van der Waals surface area (Å²) < 4.78 is 0. The number of aromatic nitrogens is 3. The highest BCUT2D eigenvalue weighted by Crippen LogP contribution is 2.27. The Morgan fingerprint density at radius 3 is 2.32 bits per heavy atom. The van der Waals surface area contributed by atoms with Gasteiger partial charge in [-0.05, 0) is 41.8 Å². The Bertz CT molecular complexity index is 815. The van der Waals surface area contributed by atoms with Crippen molar-refractivity contribution < 1.29 is 9.90 Å². The van der Waals surface area contributed by atoms with Crippen molar-refractivity contribution in [3.63, 3.8) is 0 Å². The molecule has 5 nitrogen and oxygen atoms in total. The third-order valence-electron chi connectivity index (χ3n) is 3.41. The van der Waals surface area contributed by atoms with E-state index >= 15 is 0 Å². The second-order valence-corrected chi connectivity index (χ2v) is 4.88. The Morgan fingerprint density at radius 1 is 1.00 bits per heavy atom. The van der Waals surface area contributed by atoms with Crippen LogP contribution in [0.3, 0.4) is 0 Å². The first-order valence-corrected chi connectivity index (χ1v) is 6.73. The van der Waals surface area contributed by atoms with E-state index < -0.39 is 5.97 Å². The number of carboxylic acid groups (broad SMARTS) is 1. The third kappa shape index (κ3) is 2.69. The Balaban J connectivity index is 1.97. The average molecular weight is 291 g/mol. The maximum absolute atomic E-state index is 10.9. The van der Waals surface area contributed by atoms with Crippen molar-refractivity contribution in [3.8, 4) is 22.5 Å². The minimum atomic E-state index is -0.924. The van der Waals surface area contributed by atoms with Crippen molar-refractivity contribution in [3.05, 3.63) is 66.0 Å². The number of nitrogens with zero attached hydrogens (tertiary/aromatic N) is 3. The number of aryl methyl sites for hydroxylation is 1. The summed E-state index contributed by atoms with van der Waals surface area (Å²) >= 11 is 0. The lowest BCUT2D eigenvalue weighted by Gasteiger charge is -2.08. The summed E-state index contributed by atoms with van der Waals surface area (Å²) in [5, 5.41) is 16.8. The predicted octanol–water partition coefficient (Wildman–Crippen LogP) is 3.21. The van der Waals surface area contributed by atoms with Crippen LogP contribution in [0.15, 0.2) is 54.9 Å².